The van der Waals surface area contributed by atoms with Crippen molar-refractivity contribution in [3.05, 3.63) is 244 Å². The number of rotatable bonds is 9. The van der Waals surface area contributed by atoms with Crippen molar-refractivity contribution in [1.29, 1.82) is 0 Å². The molecule has 0 saturated carbocycles. The molecular weight excluding hydrogens is 909 g/mol. The molecule has 0 spiro atoms. The van der Waals surface area contributed by atoms with Crippen LogP contribution < -0.4 is 0 Å². The van der Waals surface area contributed by atoms with Gasteiger partial charge < -0.3 is 9.13 Å². The summed E-state index contributed by atoms with van der Waals surface area (Å²) in [7, 11) is 0. The highest BCUT2D eigenvalue weighted by atomic mass is 15.0. The quantitative estimate of drug-likeness (QED) is 0.141. The maximum Gasteiger partial charge on any atom is 0.160 e. The lowest BCUT2D eigenvalue weighted by Crippen LogP contribution is -1.97. The highest BCUT2D eigenvalue weighted by Crippen LogP contribution is 2.39. The number of hydrogen-bond donors (Lipinski definition) is 0. The van der Waals surface area contributed by atoms with Gasteiger partial charge in [0.15, 0.2) is 11.6 Å². The Balaban J connectivity index is 0.814. The zero-order valence-electron chi connectivity index (χ0n) is 39.6. The van der Waals surface area contributed by atoms with Crippen molar-refractivity contribution in [2.45, 2.75) is 0 Å². The van der Waals surface area contributed by atoms with Crippen molar-refractivity contribution in [3.63, 3.8) is 0 Å². The molecule has 14 aromatic rings. The molecule has 0 saturated heterocycles. The Bertz CT molecular complexity index is 3990. The Labute approximate surface area is 424 Å². The molecule has 0 aliphatic rings. The Morgan fingerprint density at radius 1 is 0.230 bits per heavy atom. The van der Waals surface area contributed by atoms with E-state index in [-0.39, 0.29) is 0 Å². The molecule has 0 amide bonds. The minimum atomic E-state index is 0.646. The molecular formula is C64H40N10. The van der Waals surface area contributed by atoms with Gasteiger partial charge in [0.2, 0.25) is 0 Å². The molecule has 0 aliphatic carbocycles. The van der Waals surface area contributed by atoms with Crippen LogP contribution in [0.15, 0.2) is 244 Å². The fourth-order valence-electron chi connectivity index (χ4n) is 10.2. The predicted octanol–water partition coefficient (Wildman–Crippen LogP) is 14.7. The molecule has 0 fully saturated rings. The number of fused-ring (bicyclic) bond motifs is 6. The van der Waals surface area contributed by atoms with Crippen molar-refractivity contribution in [1.82, 2.24) is 49.0 Å². The first-order chi connectivity index (χ1) is 36.7. The van der Waals surface area contributed by atoms with Crippen molar-refractivity contribution >= 4 is 43.6 Å². The summed E-state index contributed by atoms with van der Waals surface area (Å²) in [6, 6.07) is 67.9. The van der Waals surface area contributed by atoms with Crippen LogP contribution in [0.3, 0.4) is 0 Å². The van der Waals surface area contributed by atoms with Gasteiger partial charge in [0.25, 0.3) is 0 Å². The van der Waals surface area contributed by atoms with Gasteiger partial charge in [-0.2, -0.15) is 0 Å². The smallest absolute Gasteiger partial charge is 0.160 e. The molecule has 0 N–H and O–H groups in total. The third kappa shape index (κ3) is 7.53. The van der Waals surface area contributed by atoms with Crippen LogP contribution in [0.25, 0.3) is 134 Å². The lowest BCUT2D eigenvalue weighted by atomic mass is 10.0. The van der Waals surface area contributed by atoms with Crippen LogP contribution in [0, 0.1) is 0 Å². The molecule has 8 heterocycles. The molecule has 14 rings (SSSR count). The highest BCUT2D eigenvalue weighted by Gasteiger charge is 2.18. The van der Waals surface area contributed by atoms with E-state index >= 15 is 0 Å². The molecule has 0 bridgehead atoms. The van der Waals surface area contributed by atoms with Gasteiger partial charge in [-0.25, -0.2) is 19.9 Å². The molecule has 346 valence electrons. The second kappa shape index (κ2) is 17.8. The second-order valence-corrected chi connectivity index (χ2v) is 18.1. The van der Waals surface area contributed by atoms with E-state index in [1.165, 1.54) is 21.5 Å². The maximum atomic E-state index is 5.05. The number of benzene rings is 6. The number of para-hydroxylation sites is 2. The van der Waals surface area contributed by atoms with Crippen molar-refractivity contribution in [3.8, 4) is 90.3 Å². The zero-order chi connectivity index (χ0) is 49.0. The Hall–Kier alpha value is -10.3. The average Bonchev–Trinajstić information content (AvgIpc) is 4.02. The van der Waals surface area contributed by atoms with Crippen LogP contribution in [-0.2, 0) is 0 Å². The summed E-state index contributed by atoms with van der Waals surface area (Å²) >= 11 is 0. The van der Waals surface area contributed by atoms with E-state index in [0.717, 1.165) is 101 Å². The average molecular weight is 949 g/mol. The summed E-state index contributed by atoms with van der Waals surface area (Å²) in [5, 5.41) is 4.74. The van der Waals surface area contributed by atoms with Gasteiger partial charge in [0.1, 0.15) is 0 Å². The molecule has 0 unspecified atom stereocenters. The van der Waals surface area contributed by atoms with E-state index in [2.05, 4.69) is 163 Å². The van der Waals surface area contributed by atoms with E-state index in [4.69, 9.17) is 19.9 Å². The largest absolute Gasteiger partial charge is 0.309 e. The number of pyridine rings is 4. The number of nitrogens with zero attached hydrogens (tertiary/aromatic N) is 10. The summed E-state index contributed by atoms with van der Waals surface area (Å²) in [4.78, 5) is 37.1. The minimum absolute atomic E-state index is 0.646. The SMILES string of the molecule is c1ccc2c(c1)c1cc(-c3ccc4c(c3)c3ccccc3n4-c3ccc(-c4nc(-c5ccncc5)cc(-c5ccncc5)n4)cc3)ccc1n2-c1ccc(-c2nc(-c3ccncc3)cc(-c3ccncc3)n2)cc1. The molecule has 0 aliphatic heterocycles. The Morgan fingerprint density at radius 2 is 0.527 bits per heavy atom. The van der Waals surface area contributed by atoms with E-state index in [1.807, 2.05) is 60.7 Å². The topological polar surface area (TPSA) is 113 Å². The molecule has 8 aromatic heterocycles. The van der Waals surface area contributed by atoms with Gasteiger partial charge in [-0.15, -0.1) is 0 Å². The van der Waals surface area contributed by atoms with E-state index in [9.17, 15) is 0 Å². The minimum Gasteiger partial charge on any atom is -0.309 e. The van der Waals surface area contributed by atoms with Crippen LogP contribution in [0.2, 0.25) is 0 Å². The third-order valence-corrected chi connectivity index (χ3v) is 13.8. The first kappa shape index (κ1) is 42.5. The van der Waals surface area contributed by atoms with Gasteiger partial charge >= 0.3 is 0 Å². The van der Waals surface area contributed by atoms with Crippen molar-refractivity contribution in [2.75, 3.05) is 0 Å². The maximum absolute atomic E-state index is 5.05. The molecule has 10 nitrogen and oxygen atoms in total. The Morgan fingerprint density at radius 3 is 0.865 bits per heavy atom. The summed E-state index contributed by atoms with van der Waals surface area (Å²) in [6.07, 6.45) is 14.3. The third-order valence-electron chi connectivity index (χ3n) is 13.8. The first-order valence-corrected chi connectivity index (χ1v) is 24.4. The molecule has 0 atom stereocenters. The van der Waals surface area contributed by atoms with Crippen LogP contribution in [-0.4, -0.2) is 49.0 Å². The van der Waals surface area contributed by atoms with Gasteiger partial charge in [0, 0.05) is 116 Å². The monoisotopic (exact) mass is 948 g/mol. The number of hydrogen-bond acceptors (Lipinski definition) is 8. The second-order valence-electron chi connectivity index (χ2n) is 18.1. The lowest BCUT2D eigenvalue weighted by molar-refractivity contribution is 1.16. The standard InChI is InChI=1S/C64H40N10/c1-3-7-59-51(5-1)53-37-47(13-19-61(53)73(59)49-15-9-45(10-16-49)63-69-55(41-21-29-65-30-22-41)39-56(70-63)42-23-31-66-32-24-42)48-14-20-62-54(38-48)52-6-2-4-8-60(52)74(62)50-17-11-46(12-18-50)64-71-57(43-25-33-67-34-26-43)40-58(72-64)44-27-35-68-36-28-44/h1-40H. The fraction of sp³-hybridized carbons (Fsp3) is 0. The molecule has 74 heavy (non-hydrogen) atoms. The lowest BCUT2D eigenvalue weighted by Gasteiger charge is -2.12. The highest BCUT2D eigenvalue weighted by molar-refractivity contribution is 6.12. The van der Waals surface area contributed by atoms with Gasteiger partial charge in [-0.1, -0.05) is 48.5 Å². The predicted molar refractivity (Wildman–Crippen MR) is 296 cm³/mol. The van der Waals surface area contributed by atoms with Gasteiger partial charge in [0.05, 0.1) is 44.8 Å². The first-order valence-electron chi connectivity index (χ1n) is 24.4. The molecule has 6 aromatic carbocycles. The normalized spacial score (nSPS) is 11.5. The zero-order valence-corrected chi connectivity index (χ0v) is 39.6. The van der Waals surface area contributed by atoms with Crippen LogP contribution in [0.5, 0.6) is 0 Å². The van der Waals surface area contributed by atoms with Crippen molar-refractivity contribution in [2.24, 2.45) is 0 Å². The summed E-state index contributed by atoms with van der Waals surface area (Å²) < 4.78 is 4.70. The Kier molecular flexibility index (Phi) is 10.2. The van der Waals surface area contributed by atoms with Crippen LogP contribution in [0.4, 0.5) is 0 Å². The summed E-state index contributed by atoms with van der Waals surface area (Å²) in [6.45, 7) is 0. The van der Waals surface area contributed by atoms with E-state index in [0.29, 0.717) is 11.6 Å². The molecule has 0 radical (unpaired) electrons. The van der Waals surface area contributed by atoms with Crippen LogP contribution in [0.1, 0.15) is 0 Å². The van der Waals surface area contributed by atoms with Crippen LogP contribution >= 0.6 is 0 Å². The van der Waals surface area contributed by atoms with E-state index < -0.39 is 0 Å². The summed E-state index contributed by atoms with van der Waals surface area (Å²) in [5.41, 5.74) is 18.0. The van der Waals surface area contributed by atoms with Crippen molar-refractivity contribution < 1.29 is 0 Å². The van der Waals surface area contributed by atoms with Gasteiger partial charge in [-0.05, 0) is 157 Å². The number of aromatic nitrogens is 10. The van der Waals surface area contributed by atoms with Gasteiger partial charge in [-0.3, -0.25) is 19.9 Å². The fourth-order valence-corrected chi connectivity index (χ4v) is 10.2. The van der Waals surface area contributed by atoms with E-state index in [1.54, 1.807) is 49.6 Å². The molecule has 10 heteroatoms. The summed E-state index contributed by atoms with van der Waals surface area (Å²) in [5.74, 6) is 1.29.